The lowest BCUT2D eigenvalue weighted by molar-refractivity contribution is 0.153. The van der Waals surface area contributed by atoms with Gasteiger partial charge in [0.2, 0.25) is 0 Å². The van der Waals surface area contributed by atoms with Crippen molar-refractivity contribution in [2.24, 2.45) is 5.73 Å². The number of phenols is 1. The van der Waals surface area contributed by atoms with Crippen LogP contribution in [0.2, 0.25) is 0 Å². The van der Waals surface area contributed by atoms with E-state index in [2.05, 4.69) is 41.5 Å². The van der Waals surface area contributed by atoms with Crippen molar-refractivity contribution in [2.75, 3.05) is 0 Å². The van der Waals surface area contributed by atoms with Crippen LogP contribution in [0, 0.1) is 0 Å². The van der Waals surface area contributed by atoms with Crippen LogP contribution in [0.15, 0.2) is 12.1 Å². The summed E-state index contributed by atoms with van der Waals surface area (Å²) in [7, 11) is 0. The molecule has 0 bridgehead atoms. The molecule has 2 unspecified atom stereocenters. The third-order valence-electron chi connectivity index (χ3n) is 3.59. The van der Waals surface area contributed by atoms with Crippen LogP contribution in [0.1, 0.15) is 71.3 Å². The Morgan fingerprint density at radius 2 is 1.30 bits per heavy atom. The molecule has 2 atom stereocenters. The van der Waals surface area contributed by atoms with Gasteiger partial charge in [0.1, 0.15) is 5.75 Å². The smallest absolute Gasteiger partial charge is 0.123 e. The number of hydrogen-bond acceptors (Lipinski definition) is 3. The number of phenolic OH excluding ortho intramolecular Hbond substituents is 1. The van der Waals surface area contributed by atoms with E-state index >= 15 is 0 Å². The van der Waals surface area contributed by atoms with Crippen LogP contribution in [-0.2, 0) is 10.8 Å². The molecule has 20 heavy (non-hydrogen) atoms. The molecule has 0 spiro atoms. The number of aliphatic hydroxyl groups is 1. The van der Waals surface area contributed by atoms with Gasteiger partial charge in [0.25, 0.3) is 0 Å². The summed E-state index contributed by atoms with van der Waals surface area (Å²) in [6.45, 7) is 14.1. The maximum Gasteiger partial charge on any atom is 0.123 e. The molecule has 0 radical (unpaired) electrons. The number of aromatic hydroxyl groups is 1. The molecule has 0 heterocycles. The van der Waals surface area contributed by atoms with Crippen LogP contribution in [0.3, 0.4) is 0 Å². The molecule has 0 aliphatic carbocycles. The minimum absolute atomic E-state index is 0.197. The zero-order valence-corrected chi connectivity index (χ0v) is 13.8. The van der Waals surface area contributed by atoms with Crippen molar-refractivity contribution in [3.8, 4) is 5.75 Å². The van der Waals surface area contributed by atoms with Gasteiger partial charge in [-0.1, -0.05) is 41.5 Å². The Labute approximate surface area is 122 Å². The molecule has 1 aromatic carbocycles. The Hall–Kier alpha value is -1.06. The first kappa shape index (κ1) is 17.0. The molecule has 0 aliphatic heterocycles. The molecule has 0 saturated heterocycles. The molecule has 1 rings (SSSR count). The first-order valence-corrected chi connectivity index (χ1v) is 7.17. The van der Waals surface area contributed by atoms with Crippen molar-refractivity contribution < 1.29 is 10.2 Å². The van der Waals surface area contributed by atoms with Gasteiger partial charge < -0.3 is 15.9 Å². The normalized spacial score (nSPS) is 16.1. The highest BCUT2D eigenvalue weighted by Crippen LogP contribution is 2.41. The van der Waals surface area contributed by atoms with E-state index in [-0.39, 0.29) is 16.9 Å². The van der Waals surface area contributed by atoms with Gasteiger partial charge in [0.05, 0.1) is 6.10 Å². The van der Waals surface area contributed by atoms with Crippen molar-refractivity contribution in [3.05, 3.63) is 28.8 Å². The lowest BCUT2D eigenvalue weighted by atomic mass is 9.77. The highest BCUT2D eigenvalue weighted by Gasteiger charge is 2.28. The van der Waals surface area contributed by atoms with E-state index in [9.17, 15) is 10.2 Å². The van der Waals surface area contributed by atoms with Crippen LogP contribution >= 0.6 is 0 Å². The zero-order chi connectivity index (χ0) is 15.9. The van der Waals surface area contributed by atoms with E-state index in [1.165, 1.54) is 0 Å². The summed E-state index contributed by atoms with van der Waals surface area (Å²) in [6, 6.07) is 3.40. The molecular weight excluding hydrogens is 250 g/mol. The molecule has 0 fully saturated rings. The van der Waals surface area contributed by atoms with Crippen molar-refractivity contribution in [3.63, 3.8) is 0 Å². The summed E-state index contributed by atoms with van der Waals surface area (Å²) in [5, 5.41) is 20.9. The van der Waals surface area contributed by atoms with E-state index in [1.54, 1.807) is 6.92 Å². The van der Waals surface area contributed by atoms with Crippen molar-refractivity contribution in [2.45, 2.75) is 71.4 Å². The number of hydrogen-bond donors (Lipinski definition) is 3. The SMILES string of the molecule is CC(N)C(O)c1cc(C(C)(C)C)c(O)c(C(C)(C)C)c1. The van der Waals surface area contributed by atoms with E-state index in [0.29, 0.717) is 5.75 Å². The van der Waals surface area contributed by atoms with Gasteiger partial charge in [0, 0.05) is 6.04 Å². The number of aliphatic hydroxyl groups excluding tert-OH is 1. The van der Waals surface area contributed by atoms with Gasteiger partial charge in [-0.15, -0.1) is 0 Å². The number of benzene rings is 1. The number of nitrogens with two attached hydrogens (primary N) is 1. The molecule has 3 heteroatoms. The number of rotatable bonds is 2. The van der Waals surface area contributed by atoms with Crippen LogP contribution in [0.5, 0.6) is 5.75 Å². The standard InChI is InChI=1S/C17H29NO2/c1-10(18)14(19)11-8-12(16(2,3)4)15(20)13(9-11)17(5,6)7/h8-10,14,19-20H,18H2,1-7H3. The third-order valence-corrected chi connectivity index (χ3v) is 3.59. The Kier molecular flexibility index (Phi) is 4.57. The Bertz CT molecular complexity index is 444. The predicted octanol–water partition coefficient (Wildman–Crippen LogP) is 3.37. The fraction of sp³-hybridized carbons (Fsp3) is 0.647. The highest BCUT2D eigenvalue weighted by atomic mass is 16.3. The van der Waals surface area contributed by atoms with Crippen LogP contribution in [0.25, 0.3) is 0 Å². The lowest BCUT2D eigenvalue weighted by Crippen LogP contribution is -2.26. The Morgan fingerprint density at radius 1 is 0.950 bits per heavy atom. The molecular formula is C17H29NO2. The lowest BCUT2D eigenvalue weighted by Gasteiger charge is -2.29. The van der Waals surface area contributed by atoms with E-state index < -0.39 is 6.10 Å². The molecule has 114 valence electrons. The fourth-order valence-corrected chi connectivity index (χ4v) is 2.27. The highest BCUT2D eigenvalue weighted by molar-refractivity contribution is 5.50. The predicted molar refractivity (Wildman–Crippen MR) is 84.1 cm³/mol. The van der Waals surface area contributed by atoms with Gasteiger partial charge in [-0.05, 0) is 46.6 Å². The van der Waals surface area contributed by atoms with Crippen molar-refractivity contribution in [1.29, 1.82) is 0 Å². The van der Waals surface area contributed by atoms with Gasteiger partial charge in [-0.25, -0.2) is 0 Å². The van der Waals surface area contributed by atoms with Crippen molar-refractivity contribution in [1.82, 2.24) is 0 Å². The summed E-state index contributed by atoms with van der Waals surface area (Å²) >= 11 is 0. The quantitative estimate of drug-likeness (QED) is 0.777. The molecule has 0 amide bonds. The van der Waals surface area contributed by atoms with Gasteiger partial charge >= 0.3 is 0 Å². The summed E-state index contributed by atoms with van der Waals surface area (Å²) in [6.07, 6.45) is -0.724. The summed E-state index contributed by atoms with van der Waals surface area (Å²) < 4.78 is 0. The minimum atomic E-state index is -0.724. The van der Waals surface area contributed by atoms with E-state index in [4.69, 9.17) is 5.73 Å². The van der Waals surface area contributed by atoms with Crippen LogP contribution in [0.4, 0.5) is 0 Å². The summed E-state index contributed by atoms with van der Waals surface area (Å²) in [5.74, 6) is 0.325. The monoisotopic (exact) mass is 279 g/mol. The van der Waals surface area contributed by atoms with Crippen LogP contribution in [-0.4, -0.2) is 16.3 Å². The minimum Gasteiger partial charge on any atom is -0.507 e. The average molecular weight is 279 g/mol. The molecule has 0 saturated carbocycles. The average Bonchev–Trinajstić information content (AvgIpc) is 2.24. The summed E-state index contributed by atoms with van der Waals surface area (Å²) in [4.78, 5) is 0. The molecule has 0 aliphatic rings. The van der Waals surface area contributed by atoms with Gasteiger partial charge in [-0.2, -0.15) is 0 Å². The van der Waals surface area contributed by atoms with Gasteiger partial charge in [-0.3, -0.25) is 0 Å². The van der Waals surface area contributed by atoms with Crippen molar-refractivity contribution >= 4 is 0 Å². The first-order valence-electron chi connectivity index (χ1n) is 7.17. The molecule has 4 N–H and O–H groups in total. The zero-order valence-electron chi connectivity index (χ0n) is 13.8. The summed E-state index contributed by atoms with van der Waals surface area (Å²) in [5.41, 5.74) is 7.88. The topological polar surface area (TPSA) is 66.5 Å². The van der Waals surface area contributed by atoms with E-state index in [0.717, 1.165) is 16.7 Å². The molecule has 0 aromatic heterocycles. The molecule has 3 nitrogen and oxygen atoms in total. The fourth-order valence-electron chi connectivity index (χ4n) is 2.27. The van der Waals surface area contributed by atoms with Crippen LogP contribution < -0.4 is 5.73 Å². The third kappa shape index (κ3) is 3.53. The Balaban J connectivity index is 3.59. The van der Waals surface area contributed by atoms with Gasteiger partial charge in [0.15, 0.2) is 0 Å². The largest absolute Gasteiger partial charge is 0.507 e. The Morgan fingerprint density at radius 3 is 1.55 bits per heavy atom. The maximum absolute atomic E-state index is 10.6. The van der Waals surface area contributed by atoms with E-state index in [1.807, 2.05) is 12.1 Å². The second-order valence-electron chi connectivity index (χ2n) is 7.77. The first-order chi connectivity index (χ1) is 8.85. The second-order valence-corrected chi connectivity index (χ2v) is 7.77. The molecule has 1 aromatic rings. The second kappa shape index (κ2) is 5.38. The maximum atomic E-state index is 10.6.